The van der Waals surface area contributed by atoms with Crippen LogP contribution in [0, 0.1) is 5.41 Å². The Labute approximate surface area is 201 Å². The molecule has 0 spiro atoms. The highest BCUT2D eigenvalue weighted by Crippen LogP contribution is 2.36. The molecule has 174 valence electrons. The highest BCUT2D eigenvalue weighted by molar-refractivity contribution is 5.31. The molecule has 0 heterocycles. The van der Waals surface area contributed by atoms with Gasteiger partial charge in [-0.2, -0.15) is 0 Å². The molecule has 0 fully saturated rings. The first-order chi connectivity index (χ1) is 14.0. The maximum absolute atomic E-state index is 5.87. The van der Waals surface area contributed by atoms with E-state index < -0.39 is 0 Å². The number of hydrogen-bond donors (Lipinski definition) is 0. The summed E-state index contributed by atoms with van der Waals surface area (Å²) >= 11 is 0. The Kier molecular flexibility index (Phi) is 10.7. The molecule has 0 saturated carbocycles. The summed E-state index contributed by atoms with van der Waals surface area (Å²) in [5.41, 5.74) is 3.19. The first-order valence-corrected chi connectivity index (χ1v) is 11.1. The number of halogens is 1. The predicted octanol–water partition coefficient (Wildman–Crippen LogP) is 3.08. The van der Waals surface area contributed by atoms with Gasteiger partial charge in [0, 0.05) is 5.56 Å². The van der Waals surface area contributed by atoms with E-state index in [1.807, 2.05) is 0 Å². The predicted molar refractivity (Wildman–Crippen MR) is 127 cm³/mol. The van der Waals surface area contributed by atoms with Crippen LogP contribution in [0.4, 0.5) is 0 Å². The molecule has 0 aromatic heterocycles. The van der Waals surface area contributed by atoms with E-state index in [1.165, 1.54) is 11.1 Å². The smallest absolute Gasteiger partial charge is 0.119 e. The second-order valence-electron chi connectivity index (χ2n) is 10.9. The molecule has 0 saturated heterocycles. The maximum atomic E-state index is 5.87. The van der Waals surface area contributed by atoms with Crippen molar-refractivity contribution >= 4 is 0 Å². The Bertz CT molecular complexity index is 749. The van der Waals surface area contributed by atoms with Crippen LogP contribution in [0.5, 0.6) is 5.75 Å². The van der Waals surface area contributed by atoms with Crippen LogP contribution in [0.3, 0.4) is 0 Å². The van der Waals surface area contributed by atoms with Crippen molar-refractivity contribution in [3.8, 4) is 5.75 Å². The molecule has 0 aliphatic rings. The van der Waals surface area contributed by atoms with Crippen LogP contribution in [0.1, 0.15) is 52.2 Å². The summed E-state index contributed by atoms with van der Waals surface area (Å²) < 4.78 is 12.6. The van der Waals surface area contributed by atoms with Gasteiger partial charge in [-0.15, -0.1) is 0 Å². The molecule has 0 amide bonds. The largest absolute Gasteiger partial charge is 1.00 e. The second kappa shape index (κ2) is 12.0. The van der Waals surface area contributed by atoms with E-state index >= 15 is 0 Å². The monoisotopic (exact) mass is 491 g/mol. The third-order valence-electron chi connectivity index (χ3n) is 5.40. The van der Waals surface area contributed by atoms with Gasteiger partial charge in [0.2, 0.25) is 0 Å². The highest BCUT2D eigenvalue weighted by Gasteiger charge is 2.27. The summed E-state index contributed by atoms with van der Waals surface area (Å²) in [6.07, 6.45) is 1.15. The number of hydrogen-bond acceptors (Lipinski definition) is 2. The normalized spacial score (nSPS) is 12.4. The average molecular weight is 493 g/mol. The number of nitrogens with zero attached hydrogens (tertiary/aromatic N) is 1. The lowest BCUT2D eigenvalue weighted by atomic mass is 9.72. The minimum atomic E-state index is 0. The first kappa shape index (κ1) is 27.7. The van der Waals surface area contributed by atoms with Gasteiger partial charge in [-0.25, -0.2) is 0 Å². The molecule has 0 aliphatic heterocycles. The highest BCUT2D eigenvalue weighted by atomic mass is 79.9. The van der Waals surface area contributed by atoms with Crippen LogP contribution < -0.4 is 21.7 Å². The van der Waals surface area contributed by atoms with Gasteiger partial charge in [0.15, 0.2) is 0 Å². The maximum Gasteiger partial charge on any atom is 0.119 e. The summed E-state index contributed by atoms with van der Waals surface area (Å²) in [6, 6.07) is 19.2. The quantitative estimate of drug-likeness (QED) is 0.355. The molecule has 0 atom stereocenters. The lowest BCUT2D eigenvalue weighted by Gasteiger charge is -2.33. The molecule has 0 radical (unpaired) electrons. The molecular weight excluding hydrogens is 450 g/mol. The fourth-order valence-corrected chi connectivity index (χ4v) is 4.22. The van der Waals surface area contributed by atoms with Gasteiger partial charge < -0.3 is 30.9 Å². The Morgan fingerprint density at radius 1 is 0.774 bits per heavy atom. The lowest BCUT2D eigenvalue weighted by molar-refractivity contribution is -0.904. The van der Waals surface area contributed by atoms with Gasteiger partial charge in [-0.3, -0.25) is 0 Å². The number of quaternary nitrogens is 1. The number of rotatable bonds is 11. The van der Waals surface area contributed by atoms with Crippen molar-refractivity contribution in [3.05, 3.63) is 65.7 Å². The van der Waals surface area contributed by atoms with Gasteiger partial charge in [0.25, 0.3) is 0 Å². The van der Waals surface area contributed by atoms with Gasteiger partial charge in [-0.05, 0) is 34.9 Å². The van der Waals surface area contributed by atoms with Crippen molar-refractivity contribution in [1.29, 1.82) is 0 Å². The summed E-state index contributed by atoms with van der Waals surface area (Å²) in [4.78, 5) is 0. The van der Waals surface area contributed by atoms with Crippen LogP contribution in [0.2, 0.25) is 0 Å². The van der Waals surface area contributed by atoms with E-state index in [9.17, 15) is 0 Å². The molecule has 0 unspecified atom stereocenters. The third kappa shape index (κ3) is 10.7. The first-order valence-electron chi connectivity index (χ1n) is 11.1. The van der Waals surface area contributed by atoms with E-state index in [0.717, 1.165) is 36.3 Å². The van der Waals surface area contributed by atoms with Crippen molar-refractivity contribution in [3.63, 3.8) is 0 Å². The van der Waals surface area contributed by atoms with E-state index in [4.69, 9.17) is 9.47 Å². The molecule has 2 rings (SSSR count). The van der Waals surface area contributed by atoms with Gasteiger partial charge in [-0.1, -0.05) is 77.1 Å². The van der Waals surface area contributed by atoms with Crippen molar-refractivity contribution in [2.75, 3.05) is 40.5 Å². The summed E-state index contributed by atoms with van der Waals surface area (Å²) in [7, 11) is 4.49. The van der Waals surface area contributed by atoms with E-state index in [0.29, 0.717) is 18.6 Å². The molecule has 0 N–H and O–H groups in total. The van der Waals surface area contributed by atoms with Crippen molar-refractivity contribution in [2.24, 2.45) is 5.41 Å². The molecule has 2 aromatic rings. The minimum absolute atomic E-state index is 0. The standard InChI is InChI=1S/C27H42NO2.BrH/c1-26(2,3)22-27(4,5)24-13-15-25(16-14-24)30-20-19-29-18-17-28(6,7)21-23-11-9-8-10-12-23;/h8-16H,17-22H2,1-7H3;1H/q+1;/p-1. The molecule has 0 aliphatic carbocycles. The molecular formula is C27H42BrNO2. The Hall–Kier alpha value is -1.36. The molecule has 31 heavy (non-hydrogen) atoms. The second-order valence-corrected chi connectivity index (χ2v) is 10.9. The Balaban J connectivity index is 0.00000480. The third-order valence-corrected chi connectivity index (χ3v) is 5.40. The number of ether oxygens (including phenoxy) is 2. The zero-order chi connectivity index (χ0) is 22.3. The van der Waals surface area contributed by atoms with Crippen molar-refractivity contribution in [1.82, 2.24) is 0 Å². The fraction of sp³-hybridized carbons (Fsp3) is 0.556. The van der Waals surface area contributed by atoms with Gasteiger partial charge in [0.05, 0.1) is 27.3 Å². The summed E-state index contributed by atoms with van der Waals surface area (Å²) in [5, 5.41) is 0. The molecule has 3 nitrogen and oxygen atoms in total. The fourth-order valence-electron chi connectivity index (χ4n) is 4.22. The van der Waals surface area contributed by atoms with E-state index in [-0.39, 0.29) is 22.4 Å². The minimum Gasteiger partial charge on any atom is -1.00 e. The summed E-state index contributed by atoms with van der Waals surface area (Å²) in [6.45, 7) is 15.5. The van der Waals surface area contributed by atoms with Gasteiger partial charge in [0.1, 0.15) is 25.4 Å². The van der Waals surface area contributed by atoms with E-state index in [2.05, 4.69) is 103 Å². The molecule has 2 aromatic carbocycles. The number of likely N-dealkylation sites (N-methyl/N-ethyl adjacent to an activating group) is 1. The topological polar surface area (TPSA) is 18.5 Å². The zero-order valence-corrected chi connectivity index (χ0v) is 22.2. The van der Waals surface area contributed by atoms with Crippen LogP contribution in [-0.4, -0.2) is 44.9 Å². The molecule has 4 heteroatoms. The van der Waals surface area contributed by atoms with Crippen LogP contribution in [0.15, 0.2) is 54.6 Å². The van der Waals surface area contributed by atoms with Crippen LogP contribution >= 0.6 is 0 Å². The Morgan fingerprint density at radius 3 is 1.97 bits per heavy atom. The van der Waals surface area contributed by atoms with Crippen LogP contribution in [0.25, 0.3) is 0 Å². The lowest BCUT2D eigenvalue weighted by Crippen LogP contribution is -3.00. The van der Waals surface area contributed by atoms with Gasteiger partial charge >= 0.3 is 0 Å². The molecule has 0 bridgehead atoms. The summed E-state index contributed by atoms with van der Waals surface area (Å²) in [5.74, 6) is 0.911. The van der Waals surface area contributed by atoms with Crippen LogP contribution in [-0.2, 0) is 16.7 Å². The van der Waals surface area contributed by atoms with E-state index in [1.54, 1.807) is 0 Å². The SMILES string of the molecule is CC(C)(C)CC(C)(C)c1ccc(OCCOCC[N+](C)(C)Cc2ccccc2)cc1.[Br-]. The Morgan fingerprint density at radius 2 is 1.39 bits per heavy atom. The zero-order valence-electron chi connectivity index (χ0n) is 20.6. The number of benzene rings is 2. The van der Waals surface area contributed by atoms with Crippen molar-refractivity contribution in [2.45, 2.75) is 53.0 Å². The van der Waals surface area contributed by atoms with Crippen molar-refractivity contribution < 1.29 is 30.9 Å². The average Bonchev–Trinajstić information content (AvgIpc) is 2.63.